The zero-order chi connectivity index (χ0) is 14.6. The zero-order valence-electron chi connectivity index (χ0n) is 11.8. The van der Waals surface area contributed by atoms with E-state index < -0.39 is 12.0 Å². The summed E-state index contributed by atoms with van der Waals surface area (Å²) in [6.45, 7) is 8.28. The molecule has 0 aromatic carbocycles. The number of nitrogens with one attached hydrogen (secondary N) is 1. The summed E-state index contributed by atoms with van der Waals surface area (Å²) in [4.78, 5) is 22.7. The molecule has 6 nitrogen and oxygen atoms in total. The minimum absolute atomic E-state index is 0.387. The molecule has 6 heteroatoms. The molecule has 0 saturated carbocycles. The predicted molar refractivity (Wildman–Crippen MR) is 71.0 cm³/mol. The third kappa shape index (κ3) is 3.81. The van der Waals surface area contributed by atoms with E-state index in [1.807, 2.05) is 11.6 Å². The molecule has 1 atom stereocenters. The molecule has 0 aliphatic heterocycles. The molecular weight excluding hydrogens is 246 g/mol. The molecule has 0 saturated heterocycles. The van der Waals surface area contributed by atoms with Crippen LogP contribution in [0.25, 0.3) is 0 Å². The fraction of sp³-hybridized carbons (Fsp3) is 0.615. The molecule has 2 N–H and O–H groups in total. The zero-order valence-corrected chi connectivity index (χ0v) is 11.8. The first kappa shape index (κ1) is 15.2. The number of aliphatic carboxylic acids is 1. The van der Waals surface area contributed by atoms with Crippen LogP contribution in [0.1, 0.15) is 43.7 Å². The van der Waals surface area contributed by atoms with E-state index in [4.69, 9.17) is 5.11 Å². The van der Waals surface area contributed by atoms with Gasteiger partial charge in [-0.15, -0.1) is 0 Å². The van der Waals surface area contributed by atoms with Crippen molar-refractivity contribution in [2.24, 2.45) is 5.92 Å². The molecule has 1 aromatic rings. The minimum atomic E-state index is -1.05. The first-order valence-electron chi connectivity index (χ1n) is 6.45. The predicted octanol–water partition coefficient (Wildman–Crippen LogP) is 1.30. The van der Waals surface area contributed by atoms with Crippen LogP contribution >= 0.6 is 0 Å². The van der Waals surface area contributed by atoms with E-state index in [2.05, 4.69) is 24.3 Å². The van der Waals surface area contributed by atoms with Crippen molar-refractivity contribution in [1.29, 1.82) is 0 Å². The van der Waals surface area contributed by atoms with Gasteiger partial charge in [0.15, 0.2) is 0 Å². The van der Waals surface area contributed by atoms with E-state index in [0.717, 1.165) is 12.2 Å². The number of carboxylic acid groups (broad SMARTS) is 1. The molecule has 106 valence electrons. The highest BCUT2D eigenvalue weighted by atomic mass is 16.4. The van der Waals surface area contributed by atoms with Gasteiger partial charge in [0.2, 0.25) is 0 Å². The van der Waals surface area contributed by atoms with E-state index in [9.17, 15) is 9.59 Å². The lowest BCUT2D eigenvalue weighted by atomic mass is 10.1. The molecule has 1 heterocycles. The van der Waals surface area contributed by atoms with Gasteiger partial charge in [-0.05, 0) is 19.3 Å². The summed E-state index contributed by atoms with van der Waals surface area (Å²) in [5.74, 6) is -1.01. The monoisotopic (exact) mass is 267 g/mol. The highest BCUT2D eigenvalue weighted by molar-refractivity contribution is 5.97. The lowest BCUT2D eigenvalue weighted by Crippen LogP contribution is -2.38. The number of amides is 1. The minimum Gasteiger partial charge on any atom is -0.480 e. The van der Waals surface area contributed by atoms with Crippen LogP contribution in [-0.4, -0.2) is 32.8 Å². The second-order valence-corrected chi connectivity index (χ2v) is 4.97. The van der Waals surface area contributed by atoms with E-state index in [0.29, 0.717) is 17.9 Å². The normalized spacial score (nSPS) is 12.5. The summed E-state index contributed by atoms with van der Waals surface area (Å²) in [6, 6.07) is -0.911. The molecule has 0 fully saturated rings. The largest absolute Gasteiger partial charge is 0.480 e. The summed E-state index contributed by atoms with van der Waals surface area (Å²) < 4.78 is 1.81. The molecule has 1 amide bonds. The Balaban J connectivity index is 2.91. The Kier molecular flexibility index (Phi) is 5.09. The quantitative estimate of drug-likeness (QED) is 0.813. The van der Waals surface area contributed by atoms with Gasteiger partial charge in [-0.25, -0.2) is 0 Å². The number of nitrogens with zero attached hydrogens (tertiary/aromatic N) is 2. The smallest absolute Gasteiger partial charge is 0.325 e. The maximum Gasteiger partial charge on any atom is 0.325 e. The average Bonchev–Trinajstić information content (AvgIpc) is 2.70. The molecule has 1 aromatic heterocycles. The van der Waals surface area contributed by atoms with E-state index in [1.54, 1.807) is 0 Å². The maximum absolute atomic E-state index is 12.0. The van der Waals surface area contributed by atoms with Gasteiger partial charge in [-0.3, -0.25) is 14.3 Å². The SMILES string of the molecule is CCc1c(C(=O)NC(C)C(=O)O)cnn1CC(C)C. The highest BCUT2D eigenvalue weighted by Crippen LogP contribution is 2.12. The second-order valence-electron chi connectivity index (χ2n) is 4.97. The fourth-order valence-electron chi connectivity index (χ4n) is 1.81. The van der Waals surface area contributed by atoms with Crippen LogP contribution in [0.2, 0.25) is 0 Å². The summed E-state index contributed by atoms with van der Waals surface area (Å²) in [6.07, 6.45) is 2.18. The van der Waals surface area contributed by atoms with Crippen molar-refractivity contribution in [2.75, 3.05) is 0 Å². The third-order valence-corrected chi connectivity index (χ3v) is 2.78. The Bertz CT molecular complexity index is 466. The molecule has 19 heavy (non-hydrogen) atoms. The van der Waals surface area contributed by atoms with Crippen LogP contribution in [0.3, 0.4) is 0 Å². The van der Waals surface area contributed by atoms with Crippen molar-refractivity contribution in [3.8, 4) is 0 Å². The second kappa shape index (κ2) is 6.36. The fourth-order valence-corrected chi connectivity index (χ4v) is 1.81. The number of aromatic nitrogens is 2. The van der Waals surface area contributed by atoms with Gasteiger partial charge in [0.05, 0.1) is 17.5 Å². The Hall–Kier alpha value is -1.85. The van der Waals surface area contributed by atoms with Gasteiger partial charge in [-0.1, -0.05) is 20.8 Å². The van der Waals surface area contributed by atoms with Crippen LogP contribution in [0.4, 0.5) is 0 Å². The van der Waals surface area contributed by atoms with Crippen molar-refractivity contribution < 1.29 is 14.7 Å². The van der Waals surface area contributed by atoms with Gasteiger partial charge < -0.3 is 10.4 Å². The summed E-state index contributed by atoms with van der Waals surface area (Å²) >= 11 is 0. The maximum atomic E-state index is 12.0. The Labute approximate surface area is 112 Å². The third-order valence-electron chi connectivity index (χ3n) is 2.78. The van der Waals surface area contributed by atoms with E-state index in [-0.39, 0.29) is 5.91 Å². The molecule has 1 unspecified atom stereocenters. The molecule has 0 aliphatic rings. The van der Waals surface area contributed by atoms with Gasteiger partial charge in [0.1, 0.15) is 6.04 Å². The van der Waals surface area contributed by atoms with Crippen molar-refractivity contribution in [1.82, 2.24) is 15.1 Å². The van der Waals surface area contributed by atoms with Crippen molar-refractivity contribution >= 4 is 11.9 Å². The molecular formula is C13H21N3O3. The van der Waals surface area contributed by atoms with Crippen LogP contribution in [-0.2, 0) is 17.8 Å². The Morgan fingerprint density at radius 2 is 2.05 bits per heavy atom. The summed E-state index contributed by atoms with van der Waals surface area (Å²) in [7, 11) is 0. The number of hydrogen-bond acceptors (Lipinski definition) is 3. The van der Waals surface area contributed by atoms with E-state index >= 15 is 0 Å². The number of hydrogen-bond donors (Lipinski definition) is 2. The Morgan fingerprint density at radius 3 is 2.53 bits per heavy atom. The summed E-state index contributed by atoms with van der Waals surface area (Å²) in [5.41, 5.74) is 1.29. The van der Waals surface area contributed by atoms with Crippen LogP contribution in [0.15, 0.2) is 6.20 Å². The standard InChI is InChI=1S/C13H21N3O3/c1-5-11-10(6-14-16(11)7-8(2)3)12(17)15-9(4)13(18)19/h6,8-9H,5,7H2,1-4H3,(H,15,17)(H,18,19). The number of carboxylic acids is 1. The van der Waals surface area contributed by atoms with Crippen molar-refractivity contribution in [2.45, 2.75) is 46.7 Å². The van der Waals surface area contributed by atoms with Crippen LogP contribution in [0.5, 0.6) is 0 Å². The van der Waals surface area contributed by atoms with Crippen LogP contribution in [0, 0.1) is 5.92 Å². The van der Waals surface area contributed by atoms with Gasteiger partial charge >= 0.3 is 5.97 Å². The lowest BCUT2D eigenvalue weighted by molar-refractivity contribution is -0.138. The molecule has 0 bridgehead atoms. The average molecular weight is 267 g/mol. The van der Waals surface area contributed by atoms with Crippen molar-refractivity contribution in [3.63, 3.8) is 0 Å². The molecule has 1 rings (SSSR count). The molecule has 0 aliphatic carbocycles. The van der Waals surface area contributed by atoms with Gasteiger partial charge in [0, 0.05) is 6.54 Å². The number of carbonyl (C=O) groups excluding carboxylic acids is 1. The van der Waals surface area contributed by atoms with Gasteiger partial charge in [0.25, 0.3) is 5.91 Å². The van der Waals surface area contributed by atoms with Crippen LogP contribution < -0.4 is 5.32 Å². The first-order valence-corrected chi connectivity index (χ1v) is 6.45. The number of carbonyl (C=O) groups is 2. The highest BCUT2D eigenvalue weighted by Gasteiger charge is 2.20. The summed E-state index contributed by atoms with van der Waals surface area (Å²) in [5, 5.41) is 15.4. The first-order chi connectivity index (χ1) is 8.86. The van der Waals surface area contributed by atoms with Crippen molar-refractivity contribution in [3.05, 3.63) is 17.5 Å². The molecule has 0 spiro atoms. The van der Waals surface area contributed by atoms with E-state index in [1.165, 1.54) is 13.1 Å². The van der Waals surface area contributed by atoms with Gasteiger partial charge in [-0.2, -0.15) is 5.10 Å². The molecule has 0 radical (unpaired) electrons. The Morgan fingerprint density at radius 1 is 1.42 bits per heavy atom. The number of rotatable bonds is 6. The topological polar surface area (TPSA) is 84.2 Å². The lowest BCUT2D eigenvalue weighted by Gasteiger charge is -2.11.